The number of nitrogens with two attached hydrogens (primary N) is 1. The average molecular weight is 969 g/mol. The first-order valence-electron chi connectivity index (χ1n) is 23.2. The van der Waals surface area contributed by atoms with Gasteiger partial charge in [0, 0.05) is 32.6 Å². The Labute approximate surface area is 405 Å². The van der Waals surface area contributed by atoms with E-state index in [-0.39, 0.29) is 49.0 Å². The second kappa shape index (κ2) is 23.7. The number of likely N-dealkylation sites (tertiary alicyclic amines) is 1. The van der Waals surface area contributed by atoms with Gasteiger partial charge in [-0.05, 0) is 99.2 Å². The van der Waals surface area contributed by atoms with Crippen molar-refractivity contribution in [1.82, 2.24) is 56.0 Å². The first-order chi connectivity index (χ1) is 32.9. The Morgan fingerprint density at radius 3 is 2.46 bits per heavy atom. The number of nitrogen functional groups attached to an aromatic ring is 1. The predicted octanol–water partition coefficient (Wildman–Crippen LogP) is 3.75. The van der Waals surface area contributed by atoms with Gasteiger partial charge in [-0.25, -0.2) is 19.6 Å². The van der Waals surface area contributed by atoms with Crippen molar-refractivity contribution in [2.24, 2.45) is 5.41 Å². The van der Waals surface area contributed by atoms with Crippen LogP contribution in [0.5, 0.6) is 5.75 Å². The highest BCUT2D eigenvalue weighted by atomic mass is 32.1. The van der Waals surface area contributed by atoms with E-state index in [0.29, 0.717) is 99.7 Å². The molecule has 1 aromatic carbocycles. The first-order valence-corrected chi connectivity index (χ1v) is 24.1. The summed E-state index contributed by atoms with van der Waals surface area (Å²) in [6.45, 7) is 15.6. The van der Waals surface area contributed by atoms with E-state index in [1.807, 2.05) is 69.0 Å². The lowest BCUT2D eigenvalue weighted by Gasteiger charge is -2.35. The Morgan fingerprint density at radius 2 is 1.78 bits per heavy atom. The van der Waals surface area contributed by atoms with Gasteiger partial charge >= 0.3 is 0 Å². The Morgan fingerprint density at radius 1 is 1.01 bits per heavy atom. The number of hydrogen-bond acceptors (Lipinski definition) is 16. The molecular weight excluding hydrogens is 905 g/mol. The maximum Gasteiger partial charge on any atom is 0.246 e. The Balaban J connectivity index is 0.863. The Hall–Kier alpha value is -6.47. The number of thiazole rings is 1. The molecule has 1 fully saturated rings. The molecule has 370 valence electrons. The number of rotatable bonds is 22. The van der Waals surface area contributed by atoms with Gasteiger partial charge in [0.25, 0.3) is 0 Å². The lowest BCUT2D eigenvalue weighted by atomic mass is 9.85. The molecule has 5 aromatic rings. The highest BCUT2D eigenvalue weighted by Crippen LogP contribution is 2.33. The minimum absolute atomic E-state index is 0.0883. The van der Waals surface area contributed by atoms with E-state index in [1.165, 1.54) is 0 Å². The summed E-state index contributed by atoms with van der Waals surface area (Å²) in [7, 11) is 0. The molecular formula is C48H64N12O8S. The summed E-state index contributed by atoms with van der Waals surface area (Å²) in [6, 6.07) is 6.47. The van der Waals surface area contributed by atoms with Crippen LogP contribution in [-0.2, 0) is 37.0 Å². The van der Waals surface area contributed by atoms with Crippen LogP contribution in [0.1, 0.15) is 90.6 Å². The van der Waals surface area contributed by atoms with Gasteiger partial charge in [0.15, 0.2) is 23.1 Å². The van der Waals surface area contributed by atoms with Crippen molar-refractivity contribution in [3.8, 4) is 39.5 Å². The van der Waals surface area contributed by atoms with Crippen LogP contribution >= 0.6 is 11.3 Å². The predicted molar refractivity (Wildman–Crippen MR) is 260 cm³/mol. The number of ether oxygens (including phenoxy) is 2. The quantitative estimate of drug-likeness (QED) is 0.0426. The third-order valence-electron chi connectivity index (χ3n) is 11.3. The molecule has 0 saturated carbocycles. The molecule has 1 aliphatic rings. The van der Waals surface area contributed by atoms with Crippen LogP contribution in [0.4, 0.5) is 5.82 Å². The maximum absolute atomic E-state index is 13.9. The molecule has 0 bridgehead atoms. The fraction of sp³-hybridized carbons (Fsp3) is 0.521. The summed E-state index contributed by atoms with van der Waals surface area (Å²) in [5.74, 6) is 5.56. The number of carbonyl (C=O) groups excluding carboxylic acids is 4. The van der Waals surface area contributed by atoms with Crippen molar-refractivity contribution in [2.75, 3.05) is 51.7 Å². The van der Waals surface area contributed by atoms with Crippen LogP contribution in [0.3, 0.4) is 0 Å². The smallest absolute Gasteiger partial charge is 0.246 e. The highest BCUT2D eigenvalue weighted by Gasteiger charge is 2.42. The van der Waals surface area contributed by atoms with E-state index in [0.717, 1.165) is 21.7 Å². The number of amides is 4. The zero-order chi connectivity index (χ0) is 49.7. The molecule has 20 nitrogen and oxygen atoms in total. The third-order valence-corrected chi connectivity index (χ3v) is 12.2. The lowest BCUT2D eigenvalue weighted by molar-refractivity contribution is -0.144. The number of anilines is 1. The number of aryl methyl sites for hydroxylation is 2. The molecule has 4 amide bonds. The van der Waals surface area contributed by atoms with Gasteiger partial charge in [0.2, 0.25) is 23.6 Å². The number of fused-ring (bicyclic) bond motifs is 1. The maximum atomic E-state index is 13.9. The highest BCUT2D eigenvalue weighted by molar-refractivity contribution is 7.13. The average Bonchev–Trinajstić information content (AvgIpc) is 4.14. The third kappa shape index (κ3) is 14.1. The van der Waals surface area contributed by atoms with Crippen molar-refractivity contribution < 1.29 is 38.4 Å². The van der Waals surface area contributed by atoms with E-state index in [4.69, 9.17) is 24.8 Å². The molecule has 7 N–H and O–H groups in total. The van der Waals surface area contributed by atoms with Gasteiger partial charge in [-0.2, -0.15) is 0 Å². The summed E-state index contributed by atoms with van der Waals surface area (Å²) in [5.41, 5.74) is 10.7. The monoisotopic (exact) mass is 968 g/mol. The number of pyridine rings is 1. The molecule has 1 unspecified atom stereocenters. The van der Waals surface area contributed by atoms with E-state index in [2.05, 4.69) is 53.4 Å². The molecule has 0 aliphatic carbocycles. The SMILES string of the molecule is CCn1c(-c2nonc2N)nc2c(C#CC(C)(C)O)ncc(OCCCNCCCC(=O)NCCOCC(=O)NC(C(=O)N3CCC[C@H]3C(=O)NCc3ccc(-c4scnc4C)cc3)C(C)(C)C)c21. The van der Waals surface area contributed by atoms with Crippen molar-refractivity contribution in [3.05, 3.63) is 52.9 Å². The first kappa shape index (κ1) is 51.9. The van der Waals surface area contributed by atoms with Gasteiger partial charge in [0.1, 0.15) is 41.0 Å². The summed E-state index contributed by atoms with van der Waals surface area (Å²) in [4.78, 5) is 69.0. The number of hydrogen-bond donors (Lipinski definition) is 6. The van der Waals surface area contributed by atoms with Gasteiger partial charge in [-0.15, -0.1) is 11.3 Å². The molecule has 5 heterocycles. The van der Waals surface area contributed by atoms with E-state index < -0.39 is 29.0 Å². The molecule has 21 heteroatoms. The van der Waals surface area contributed by atoms with E-state index >= 15 is 0 Å². The Bertz CT molecular complexity index is 2620. The number of benzene rings is 1. The molecule has 6 rings (SSSR count). The summed E-state index contributed by atoms with van der Waals surface area (Å²) in [5, 5.41) is 29.8. The topological polar surface area (TPSA) is 267 Å². The van der Waals surface area contributed by atoms with Crippen LogP contribution in [0.25, 0.3) is 33.0 Å². The fourth-order valence-electron chi connectivity index (χ4n) is 7.74. The standard InChI is InChI=1S/C48H64N12O8S/c1-8-59-40-35(27-52-33(18-19-48(6,7)65)38(40)56-44(59)39-43(49)58-68-57-39)67-24-11-21-50-20-9-13-36(61)51-22-25-66-28-37(62)55-42(47(3,4)5)46(64)60-23-10-12-34(60)45(63)53-26-31-14-16-32(17-15-31)41-30(2)54-29-69-41/h14-17,27,29,34,42,50,65H,8-13,20-26,28H2,1-7H3,(H2,49,58)(H,51,61)(H,53,63)(H,55,62)/t34-,42?/m0/s1. The molecule has 1 aliphatic heterocycles. The summed E-state index contributed by atoms with van der Waals surface area (Å²) in [6.07, 6.45) is 4.37. The van der Waals surface area contributed by atoms with Crippen LogP contribution < -0.4 is 31.7 Å². The minimum atomic E-state index is -1.24. The van der Waals surface area contributed by atoms with Gasteiger partial charge < -0.3 is 51.0 Å². The van der Waals surface area contributed by atoms with Crippen molar-refractivity contribution in [2.45, 2.75) is 111 Å². The van der Waals surface area contributed by atoms with Crippen LogP contribution in [0, 0.1) is 24.2 Å². The lowest BCUT2D eigenvalue weighted by Crippen LogP contribution is -2.58. The van der Waals surface area contributed by atoms with Gasteiger partial charge in [-0.3, -0.25) is 19.2 Å². The number of carbonyl (C=O) groups is 4. The number of aliphatic hydroxyl groups is 1. The van der Waals surface area contributed by atoms with E-state index in [1.54, 1.807) is 36.3 Å². The van der Waals surface area contributed by atoms with Gasteiger partial charge in [0.05, 0.1) is 35.5 Å². The van der Waals surface area contributed by atoms with Crippen molar-refractivity contribution in [1.29, 1.82) is 0 Å². The second-order valence-electron chi connectivity index (χ2n) is 18.4. The number of nitrogens with one attached hydrogen (secondary N) is 4. The molecule has 2 atom stereocenters. The fourth-order valence-corrected chi connectivity index (χ4v) is 8.55. The number of nitrogens with zero attached hydrogens (tertiary/aromatic N) is 7. The van der Waals surface area contributed by atoms with Crippen LogP contribution in [0.2, 0.25) is 0 Å². The normalized spacial score (nSPS) is 14.3. The zero-order valence-corrected chi connectivity index (χ0v) is 41.3. The largest absolute Gasteiger partial charge is 0.490 e. The molecule has 1 saturated heterocycles. The van der Waals surface area contributed by atoms with Crippen LogP contribution in [-0.4, -0.2) is 127 Å². The molecule has 0 radical (unpaired) electrons. The molecule has 4 aromatic heterocycles. The zero-order valence-electron chi connectivity index (χ0n) is 40.4. The minimum Gasteiger partial charge on any atom is -0.490 e. The van der Waals surface area contributed by atoms with E-state index in [9.17, 15) is 24.3 Å². The molecule has 0 spiro atoms. The number of aromatic nitrogens is 6. The summed E-state index contributed by atoms with van der Waals surface area (Å²) >= 11 is 1.59. The summed E-state index contributed by atoms with van der Waals surface area (Å²) < 4.78 is 18.4. The van der Waals surface area contributed by atoms with Crippen LogP contribution in [0.15, 0.2) is 40.6 Å². The number of imidazole rings is 1. The van der Waals surface area contributed by atoms with Crippen molar-refractivity contribution in [3.63, 3.8) is 0 Å². The Kier molecular flexibility index (Phi) is 17.8. The van der Waals surface area contributed by atoms with Crippen molar-refractivity contribution >= 4 is 51.8 Å². The second-order valence-corrected chi connectivity index (χ2v) is 19.2. The van der Waals surface area contributed by atoms with Gasteiger partial charge in [-0.1, -0.05) is 51.0 Å². The molecule has 69 heavy (non-hydrogen) atoms.